The maximum absolute atomic E-state index is 13.6. The Hall–Kier alpha value is -3.48. The molecule has 1 aliphatic carbocycles. The molecule has 0 spiro atoms. The quantitative estimate of drug-likeness (QED) is 0.437. The molecule has 2 aromatic carbocycles. The SMILES string of the molecule is CCC[C@H]1[C@@H]2CC=C[C@@H]2c2cc(C(=O)O)ccc2N1C(=O)c1cccc([N+](=O)[O-])c1. The van der Waals surface area contributed by atoms with Crippen LogP contribution in [0.1, 0.15) is 58.4 Å². The van der Waals surface area contributed by atoms with Gasteiger partial charge >= 0.3 is 5.97 Å². The molecular weight excluding hydrogens is 384 g/mol. The Morgan fingerprint density at radius 1 is 1.20 bits per heavy atom. The molecule has 4 rings (SSSR count). The lowest BCUT2D eigenvalue weighted by Gasteiger charge is -2.44. The molecule has 0 unspecified atom stereocenters. The number of amides is 1. The van der Waals surface area contributed by atoms with Gasteiger partial charge in [-0.3, -0.25) is 14.9 Å². The molecule has 0 saturated heterocycles. The minimum Gasteiger partial charge on any atom is -0.478 e. The first kappa shape index (κ1) is 19.8. The highest BCUT2D eigenvalue weighted by atomic mass is 16.6. The maximum atomic E-state index is 13.6. The fourth-order valence-electron chi connectivity index (χ4n) is 4.74. The van der Waals surface area contributed by atoms with Gasteiger partial charge in [0.15, 0.2) is 0 Å². The molecule has 154 valence electrons. The summed E-state index contributed by atoms with van der Waals surface area (Å²) in [6.07, 6.45) is 6.69. The van der Waals surface area contributed by atoms with Gasteiger partial charge in [-0.25, -0.2) is 4.79 Å². The van der Waals surface area contributed by atoms with Crippen LogP contribution in [0.15, 0.2) is 54.6 Å². The second-order valence-corrected chi connectivity index (χ2v) is 7.77. The lowest BCUT2D eigenvalue weighted by molar-refractivity contribution is -0.384. The van der Waals surface area contributed by atoms with Crippen LogP contribution >= 0.6 is 0 Å². The zero-order valence-corrected chi connectivity index (χ0v) is 16.5. The number of carbonyl (C=O) groups excluding carboxylic acids is 1. The molecular formula is C23H22N2O5. The summed E-state index contributed by atoms with van der Waals surface area (Å²) in [5.74, 6) is -1.09. The summed E-state index contributed by atoms with van der Waals surface area (Å²) in [5, 5.41) is 20.6. The van der Waals surface area contributed by atoms with Crippen LogP contribution < -0.4 is 4.90 Å². The summed E-state index contributed by atoms with van der Waals surface area (Å²) in [6, 6.07) is 10.6. The average Bonchev–Trinajstić information content (AvgIpc) is 3.23. The zero-order chi connectivity index (χ0) is 21.4. The van der Waals surface area contributed by atoms with Gasteiger partial charge in [0.25, 0.3) is 11.6 Å². The van der Waals surface area contributed by atoms with Gasteiger partial charge in [0.1, 0.15) is 0 Å². The number of carbonyl (C=O) groups is 2. The Morgan fingerprint density at radius 3 is 2.70 bits per heavy atom. The van der Waals surface area contributed by atoms with E-state index in [1.165, 1.54) is 24.3 Å². The van der Waals surface area contributed by atoms with E-state index in [-0.39, 0.29) is 40.6 Å². The minimum absolute atomic E-state index is 0.0602. The molecule has 0 fully saturated rings. The summed E-state index contributed by atoms with van der Waals surface area (Å²) in [4.78, 5) is 37.5. The first-order valence-corrected chi connectivity index (χ1v) is 10.0. The number of nitrogens with zero attached hydrogens (tertiary/aromatic N) is 2. The number of nitro benzene ring substituents is 1. The van der Waals surface area contributed by atoms with Gasteiger partial charge in [-0.05, 0) is 48.6 Å². The number of rotatable bonds is 5. The van der Waals surface area contributed by atoms with Crippen molar-refractivity contribution in [1.82, 2.24) is 0 Å². The molecule has 30 heavy (non-hydrogen) atoms. The maximum Gasteiger partial charge on any atom is 0.335 e. The van der Waals surface area contributed by atoms with Crippen LogP contribution in [0.3, 0.4) is 0 Å². The largest absolute Gasteiger partial charge is 0.478 e. The van der Waals surface area contributed by atoms with Crippen molar-refractivity contribution in [3.8, 4) is 0 Å². The molecule has 0 radical (unpaired) electrons. The molecule has 1 N–H and O–H groups in total. The van der Waals surface area contributed by atoms with Gasteiger partial charge in [0.2, 0.25) is 0 Å². The zero-order valence-electron chi connectivity index (χ0n) is 16.5. The number of carboxylic acid groups (broad SMARTS) is 1. The summed E-state index contributed by atoms with van der Waals surface area (Å²) >= 11 is 0. The van der Waals surface area contributed by atoms with Crippen molar-refractivity contribution < 1.29 is 19.6 Å². The second-order valence-electron chi connectivity index (χ2n) is 7.77. The fourth-order valence-corrected chi connectivity index (χ4v) is 4.74. The van der Waals surface area contributed by atoms with Gasteiger partial charge < -0.3 is 10.0 Å². The topological polar surface area (TPSA) is 101 Å². The van der Waals surface area contributed by atoms with Gasteiger partial charge in [0.05, 0.1) is 10.5 Å². The van der Waals surface area contributed by atoms with Crippen LogP contribution in [0.4, 0.5) is 11.4 Å². The number of fused-ring (bicyclic) bond motifs is 3. The van der Waals surface area contributed by atoms with E-state index in [0.29, 0.717) is 5.69 Å². The number of non-ortho nitro benzene ring substituents is 1. The van der Waals surface area contributed by atoms with Crippen molar-refractivity contribution in [2.24, 2.45) is 5.92 Å². The second kappa shape index (κ2) is 7.74. The van der Waals surface area contributed by atoms with E-state index in [4.69, 9.17) is 0 Å². The molecule has 1 aliphatic heterocycles. The van der Waals surface area contributed by atoms with Crippen molar-refractivity contribution in [1.29, 1.82) is 0 Å². The predicted molar refractivity (Wildman–Crippen MR) is 112 cm³/mol. The van der Waals surface area contributed by atoms with Crippen molar-refractivity contribution >= 4 is 23.3 Å². The van der Waals surface area contributed by atoms with Crippen LogP contribution in [0.2, 0.25) is 0 Å². The first-order valence-electron chi connectivity index (χ1n) is 10.0. The Balaban J connectivity index is 1.85. The number of aromatic carboxylic acids is 1. The number of allylic oxidation sites excluding steroid dienone is 2. The highest BCUT2D eigenvalue weighted by Crippen LogP contribution is 2.49. The number of hydrogen-bond acceptors (Lipinski definition) is 4. The van der Waals surface area contributed by atoms with Crippen molar-refractivity contribution in [2.45, 2.75) is 38.1 Å². The third-order valence-corrected chi connectivity index (χ3v) is 6.04. The van der Waals surface area contributed by atoms with Gasteiger partial charge in [0, 0.05) is 35.3 Å². The van der Waals surface area contributed by atoms with Gasteiger partial charge in [-0.1, -0.05) is 31.6 Å². The standard InChI is InChI=1S/C23H22N2O5/c1-2-5-20-18-9-4-8-17(18)19-13-15(23(27)28)10-11-21(19)24(20)22(26)14-6-3-7-16(12-14)25(29)30/h3-4,6-8,10-13,17-18,20H,2,5,9H2,1H3,(H,27,28)/t17-,18+,20-/m0/s1. The summed E-state index contributed by atoms with van der Waals surface area (Å²) < 4.78 is 0. The molecule has 2 aromatic rings. The molecule has 2 aliphatic rings. The van der Waals surface area contributed by atoms with E-state index >= 15 is 0 Å². The van der Waals surface area contributed by atoms with E-state index in [1.54, 1.807) is 23.1 Å². The Labute approximate surface area is 173 Å². The fraction of sp³-hybridized carbons (Fsp3) is 0.304. The minimum atomic E-state index is -1.01. The first-order chi connectivity index (χ1) is 14.4. The monoisotopic (exact) mass is 406 g/mol. The summed E-state index contributed by atoms with van der Waals surface area (Å²) in [6.45, 7) is 2.07. The summed E-state index contributed by atoms with van der Waals surface area (Å²) in [7, 11) is 0. The van der Waals surface area contributed by atoms with Crippen LogP contribution in [-0.2, 0) is 0 Å². The summed E-state index contributed by atoms with van der Waals surface area (Å²) in [5.41, 5.74) is 1.81. The Kier molecular flexibility index (Phi) is 5.11. The van der Waals surface area contributed by atoms with Crippen LogP contribution in [0.25, 0.3) is 0 Å². The van der Waals surface area contributed by atoms with Crippen molar-refractivity contribution in [3.05, 3.63) is 81.4 Å². The van der Waals surface area contributed by atoms with Gasteiger partial charge in [-0.2, -0.15) is 0 Å². The van der Waals surface area contributed by atoms with E-state index in [9.17, 15) is 24.8 Å². The molecule has 0 aromatic heterocycles. The number of nitro groups is 1. The van der Waals surface area contributed by atoms with Crippen LogP contribution in [-0.4, -0.2) is 27.9 Å². The molecule has 0 saturated carbocycles. The molecule has 1 amide bonds. The average molecular weight is 406 g/mol. The lowest BCUT2D eigenvalue weighted by Crippen LogP contribution is -2.49. The third kappa shape index (κ3) is 3.26. The highest BCUT2D eigenvalue weighted by Gasteiger charge is 2.43. The van der Waals surface area contributed by atoms with Crippen molar-refractivity contribution in [2.75, 3.05) is 4.90 Å². The van der Waals surface area contributed by atoms with E-state index in [2.05, 4.69) is 19.1 Å². The lowest BCUT2D eigenvalue weighted by atomic mass is 9.76. The number of carboxylic acids is 1. The predicted octanol–water partition coefficient (Wildman–Crippen LogP) is 4.78. The Bertz CT molecular complexity index is 1060. The van der Waals surface area contributed by atoms with E-state index in [1.807, 2.05) is 0 Å². The molecule has 1 heterocycles. The van der Waals surface area contributed by atoms with Crippen molar-refractivity contribution in [3.63, 3.8) is 0 Å². The van der Waals surface area contributed by atoms with Crippen LogP contribution in [0, 0.1) is 16.0 Å². The smallest absolute Gasteiger partial charge is 0.335 e. The molecule has 7 nitrogen and oxygen atoms in total. The van der Waals surface area contributed by atoms with Gasteiger partial charge in [-0.15, -0.1) is 0 Å². The number of anilines is 1. The normalized spacial score (nSPS) is 21.8. The highest BCUT2D eigenvalue weighted by molar-refractivity contribution is 6.08. The Morgan fingerprint density at radius 2 is 2.00 bits per heavy atom. The molecule has 7 heteroatoms. The third-order valence-electron chi connectivity index (χ3n) is 6.04. The van der Waals surface area contributed by atoms with E-state index < -0.39 is 10.9 Å². The molecule has 3 atom stereocenters. The number of hydrogen-bond donors (Lipinski definition) is 1. The van der Waals surface area contributed by atoms with Crippen LogP contribution in [0.5, 0.6) is 0 Å². The number of benzene rings is 2. The molecule has 0 bridgehead atoms. The van der Waals surface area contributed by atoms with E-state index in [0.717, 1.165) is 24.8 Å².